The average Bonchev–Trinajstić information content (AvgIpc) is 3.53. The minimum atomic E-state index is -0.858. The zero-order valence-corrected chi connectivity index (χ0v) is 18.7. The summed E-state index contributed by atoms with van der Waals surface area (Å²) in [5, 5.41) is 3.43. The predicted molar refractivity (Wildman–Crippen MR) is 125 cm³/mol. The molecule has 0 saturated carbocycles. The lowest BCUT2D eigenvalue weighted by Crippen LogP contribution is -2.43. The van der Waals surface area contributed by atoms with Gasteiger partial charge in [-0.1, -0.05) is 30.3 Å². The number of nitrogens with zero attached hydrogens (tertiary/aromatic N) is 1. The molecule has 0 fully saturated rings. The third kappa shape index (κ3) is 3.30. The van der Waals surface area contributed by atoms with E-state index in [9.17, 15) is 9.18 Å². The first kappa shape index (κ1) is 21.0. The van der Waals surface area contributed by atoms with Gasteiger partial charge in [-0.05, 0) is 61.3 Å². The van der Waals surface area contributed by atoms with Gasteiger partial charge in [-0.15, -0.1) is 0 Å². The van der Waals surface area contributed by atoms with Crippen LogP contribution >= 0.6 is 0 Å². The van der Waals surface area contributed by atoms with E-state index in [2.05, 4.69) is 5.32 Å². The first-order valence-electron chi connectivity index (χ1n) is 11.6. The van der Waals surface area contributed by atoms with Gasteiger partial charge in [-0.3, -0.25) is 4.79 Å². The quantitative estimate of drug-likeness (QED) is 0.544. The molecule has 0 aromatic heterocycles. The van der Waals surface area contributed by atoms with Gasteiger partial charge in [-0.25, -0.2) is 4.39 Å². The van der Waals surface area contributed by atoms with Gasteiger partial charge in [-0.2, -0.15) is 0 Å². The van der Waals surface area contributed by atoms with E-state index in [1.165, 1.54) is 12.1 Å². The standard InChI is InChI=1S/C27H25FN2O4/c28-19-8-6-18(7-9-19)10-12-29-11-3-13-30-22-5-2-1-4-20(22)27(26(30)31)16-32-23-15-25-24(14-21(23)27)33-17-34-25/h1-2,4-9,14-15,29H,3,10-13,16-17H2. The molecule has 0 bridgehead atoms. The van der Waals surface area contributed by atoms with Gasteiger partial charge >= 0.3 is 0 Å². The highest BCUT2D eigenvalue weighted by Crippen LogP contribution is 2.54. The number of carbonyl (C=O) groups is 1. The van der Waals surface area contributed by atoms with E-state index < -0.39 is 5.41 Å². The van der Waals surface area contributed by atoms with Crippen molar-refractivity contribution in [1.82, 2.24) is 5.32 Å². The molecule has 3 aliphatic heterocycles. The van der Waals surface area contributed by atoms with Crippen molar-refractivity contribution in [2.45, 2.75) is 18.3 Å². The lowest BCUT2D eigenvalue weighted by Gasteiger charge is -2.23. The first-order valence-corrected chi connectivity index (χ1v) is 11.6. The number of anilines is 1. The van der Waals surface area contributed by atoms with Gasteiger partial charge in [0, 0.05) is 23.9 Å². The SMILES string of the molecule is O=C1N(CCCNCCc2ccc(F)cc2)c2ccccc2C12COc1cc3c(cc12)OCO3. The largest absolute Gasteiger partial charge is 0.491 e. The molecule has 174 valence electrons. The van der Waals surface area contributed by atoms with Crippen LogP contribution in [0.2, 0.25) is 0 Å². The summed E-state index contributed by atoms with van der Waals surface area (Å²) in [4.78, 5) is 15.8. The van der Waals surface area contributed by atoms with Crippen molar-refractivity contribution >= 4 is 11.6 Å². The highest BCUT2D eigenvalue weighted by molar-refractivity contribution is 6.11. The zero-order valence-electron chi connectivity index (χ0n) is 18.7. The molecule has 0 aliphatic carbocycles. The third-order valence-electron chi connectivity index (χ3n) is 6.88. The van der Waals surface area contributed by atoms with Crippen LogP contribution in [0.3, 0.4) is 0 Å². The summed E-state index contributed by atoms with van der Waals surface area (Å²) in [6, 6.07) is 18.3. The van der Waals surface area contributed by atoms with Crippen LogP contribution in [-0.4, -0.2) is 38.9 Å². The Balaban J connectivity index is 1.16. The minimum Gasteiger partial charge on any atom is -0.491 e. The predicted octanol–water partition coefficient (Wildman–Crippen LogP) is 3.80. The number of para-hydroxylation sites is 1. The second kappa shape index (κ2) is 8.33. The Hall–Kier alpha value is -3.58. The van der Waals surface area contributed by atoms with E-state index in [0.29, 0.717) is 23.8 Å². The zero-order chi connectivity index (χ0) is 23.1. The molecular weight excluding hydrogens is 435 g/mol. The van der Waals surface area contributed by atoms with Crippen molar-refractivity contribution in [2.24, 2.45) is 0 Å². The van der Waals surface area contributed by atoms with Gasteiger partial charge < -0.3 is 24.4 Å². The summed E-state index contributed by atoms with van der Waals surface area (Å²) in [7, 11) is 0. The Labute approximate surface area is 197 Å². The number of rotatable bonds is 7. The maximum absolute atomic E-state index is 13.9. The van der Waals surface area contributed by atoms with Crippen LogP contribution < -0.4 is 24.4 Å². The normalized spacial score (nSPS) is 19.4. The van der Waals surface area contributed by atoms with Crippen molar-refractivity contribution in [1.29, 1.82) is 0 Å². The molecule has 1 atom stereocenters. The summed E-state index contributed by atoms with van der Waals surface area (Å²) in [6.45, 7) is 2.64. The maximum atomic E-state index is 13.9. The molecular formula is C27H25FN2O4. The van der Waals surface area contributed by atoms with Gasteiger partial charge in [0.1, 0.15) is 23.6 Å². The molecule has 34 heavy (non-hydrogen) atoms. The monoisotopic (exact) mass is 460 g/mol. The van der Waals surface area contributed by atoms with Crippen LogP contribution in [0.15, 0.2) is 60.7 Å². The first-order chi connectivity index (χ1) is 16.7. The van der Waals surface area contributed by atoms with E-state index in [1.807, 2.05) is 53.4 Å². The molecule has 3 aliphatic rings. The molecule has 1 amide bonds. The summed E-state index contributed by atoms with van der Waals surface area (Å²) in [5.74, 6) is 1.80. The van der Waals surface area contributed by atoms with E-state index in [4.69, 9.17) is 14.2 Å². The Morgan fingerprint density at radius 2 is 1.71 bits per heavy atom. The van der Waals surface area contributed by atoms with E-state index >= 15 is 0 Å². The van der Waals surface area contributed by atoms with Gasteiger partial charge in [0.05, 0.1) is 0 Å². The Morgan fingerprint density at radius 1 is 0.912 bits per heavy atom. The van der Waals surface area contributed by atoms with Gasteiger partial charge in [0.25, 0.3) is 0 Å². The van der Waals surface area contributed by atoms with Crippen LogP contribution in [0, 0.1) is 5.82 Å². The molecule has 1 unspecified atom stereocenters. The van der Waals surface area contributed by atoms with Crippen molar-refractivity contribution < 1.29 is 23.4 Å². The number of hydrogen-bond acceptors (Lipinski definition) is 5. The van der Waals surface area contributed by atoms with Crippen molar-refractivity contribution in [3.63, 3.8) is 0 Å². The molecule has 3 heterocycles. The number of hydrogen-bond donors (Lipinski definition) is 1. The molecule has 6 nitrogen and oxygen atoms in total. The lowest BCUT2D eigenvalue weighted by atomic mass is 9.77. The summed E-state index contributed by atoms with van der Waals surface area (Å²) < 4.78 is 30.1. The smallest absolute Gasteiger partial charge is 0.245 e. The highest BCUT2D eigenvalue weighted by atomic mass is 19.1. The van der Waals surface area contributed by atoms with Crippen LogP contribution in [0.5, 0.6) is 17.2 Å². The Kier molecular flexibility index (Phi) is 5.14. The van der Waals surface area contributed by atoms with E-state index in [0.717, 1.165) is 48.3 Å². The molecule has 1 spiro atoms. The number of carbonyl (C=O) groups excluding carboxylic acids is 1. The maximum Gasteiger partial charge on any atom is 0.245 e. The highest BCUT2D eigenvalue weighted by Gasteiger charge is 2.57. The number of amides is 1. The Bertz CT molecular complexity index is 1250. The minimum absolute atomic E-state index is 0.0395. The molecule has 7 heteroatoms. The van der Waals surface area contributed by atoms with Gasteiger partial charge in [0.15, 0.2) is 11.5 Å². The van der Waals surface area contributed by atoms with Crippen LogP contribution in [-0.2, 0) is 16.6 Å². The number of benzene rings is 3. The fourth-order valence-electron chi connectivity index (χ4n) is 5.16. The molecule has 3 aromatic rings. The number of nitrogens with one attached hydrogen (secondary N) is 1. The molecule has 3 aromatic carbocycles. The summed E-state index contributed by atoms with van der Waals surface area (Å²) in [5.41, 5.74) is 2.99. The van der Waals surface area contributed by atoms with Crippen molar-refractivity contribution in [2.75, 3.05) is 37.9 Å². The molecule has 1 N–H and O–H groups in total. The second-order valence-corrected chi connectivity index (χ2v) is 8.85. The molecule has 0 radical (unpaired) electrons. The summed E-state index contributed by atoms with van der Waals surface area (Å²) in [6.07, 6.45) is 1.65. The molecule has 6 rings (SSSR count). The second-order valence-electron chi connectivity index (χ2n) is 8.85. The van der Waals surface area contributed by atoms with E-state index in [1.54, 1.807) is 0 Å². The summed E-state index contributed by atoms with van der Waals surface area (Å²) >= 11 is 0. The molecule has 0 saturated heterocycles. The third-order valence-corrected chi connectivity index (χ3v) is 6.88. The number of halogens is 1. The van der Waals surface area contributed by atoms with Crippen LogP contribution in [0.4, 0.5) is 10.1 Å². The van der Waals surface area contributed by atoms with Crippen LogP contribution in [0.25, 0.3) is 0 Å². The van der Waals surface area contributed by atoms with Gasteiger partial charge in [0.2, 0.25) is 12.7 Å². The fourth-order valence-corrected chi connectivity index (χ4v) is 5.16. The topological polar surface area (TPSA) is 60.0 Å². The van der Waals surface area contributed by atoms with Crippen molar-refractivity contribution in [3.05, 3.63) is 83.2 Å². The number of fused-ring (bicyclic) bond motifs is 5. The van der Waals surface area contributed by atoms with Crippen LogP contribution in [0.1, 0.15) is 23.1 Å². The Morgan fingerprint density at radius 3 is 2.56 bits per heavy atom. The van der Waals surface area contributed by atoms with E-state index in [-0.39, 0.29) is 25.1 Å². The average molecular weight is 461 g/mol. The fraction of sp³-hybridized carbons (Fsp3) is 0.296. The number of ether oxygens (including phenoxy) is 3. The lowest BCUT2D eigenvalue weighted by molar-refractivity contribution is -0.122. The van der Waals surface area contributed by atoms with Crippen molar-refractivity contribution in [3.8, 4) is 17.2 Å².